The van der Waals surface area contributed by atoms with Gasteiger partial charge in [-0.2, -0.15) is 18.4 Å². The Kier molecular flexibility index (Phi) is 3.02. The maximum absolute atomic E-state index is 12.7. The molecule has 0 unspecified atom stereocenters. The van der Waals surface area contributed by atoms with Gasteiger partial charge >= 0.3 is 6.18 Å². The number of nitriles is 1. The zero-order valence-corrected chi connectivity index (χ0v) is 9.07. The molecule has 90 valence electrons. The van der Waals surface area contributed by atoms with Gasteiger partial charge in [-0.25, -0.2) is 0 Å². The second-order valence-electron chi connectivity index (χ2n) is 3.65. The standard InChI is InChI=1S/C13H7F3N2/c14-13(15,16)12-5-9(7-17)4-11(6-12)10-2-1-3-18-8-10/h1-6,8H. The molecule has 0 atom stereocenters. The Balaban J connectivity index is 2.60. The largest absolute Gasteiger partial charge is 0.416 e. The summed E-state index contributed by atoms with van der Waals surface area (Å²) >= 11 is 0. The van der Waals surface area contributed by atoms with E-state index in [1.807, 2.05) is 0 Å². The molecule has 18 heavy (non-hydrogen) atoms. The first-order valence-corrected chi connectivity index (χ1v) is 5.03. The van der Waals surface area contributed by atoms with E-state index < -0.39 is 11.7 Å². The third-order valence-electron chi connectivity index (χ3n) is 2.38. The minimum Gasteiger partial charge on any atom is -0.264 e. The first-order valence-electron chi connectivity index (χ1n) is 5.03. The topological polar surface area (TPSA) is 36.7 Å². The molecule has 2 aromatic rings. The van der Waals surface area contributed by atoms with Crippen molar-refractivity contribution in [3.8, 4) is 17.2 Å². The fourth-order valence-electron chi connectivity index (χ4n) is 1.56. The maximum atomic E-state index is 12.7. The van der Waals surface area contributed by atoms with Crippen molar-refractivity contribution in [3.05, 3.63) is 53.9 Å². The van der Waals surface area contributed by atoms with Crippen molar-refractivity contribution in [1.29, 1.82) is 5.26 Å². The van der Waals surface area contributed by atoms with Crippen molar-refractivity contribution in [2.24, 2.45) is 0 Å². The van der Waals surface area contributed by atoms with Crippen LogP contribution >= 0.6 is 0 Å². The van der Waals surface area contributed by atoms with Crippen LogP contribution in [0.2, 0.25) is 0 Å². The molecular formula is C13H7F3N2. The van der Waals surface area contributed by atoms with Gasteiger partial charge in [0.15, 0.2) is 0 Å². The van der Waals surface area contributed by atoms with Gasteiger partial charge < -0.3 is 0 Å². The molecule has 1 aromatic heterocycles. The van der Waals surface area contributed by atoms with Crippen LogP contribution in [-0.4, -0.2) is 4.98 Å². The third kappa shape index (κ3) is 2.48. The van der Waals surface area contributed by atoms with Crippen molar-refractivity contribution >= 4 is 0 Å². The van der Waals surface area contributed by atoms with Crippen LogP contribution in [-0.2, 0) is 6.18 Å². The molecule has 5 heteroatoms. The summed E-state index contributed by atoms with van der Waals surface area (Å²) in [6, 6.07) is 8.25. The van der Waals surface area contributed by atoms with Crippen LogP contribution in [0.3, 0.4) is 0 Å². The van der Waals surface area contributed by atoms with E-state index in [1.54, 1.807) is 18.2 Å². The van der Waals surface area contributed by atoms with Crippen LogP contribution in [0, 0.1) is 11.3 Å². The molecule has 0 saturated carbocycles. The Labute approximate surface area is 101 Å². The van der Waals surface area contributed by atoms with Crippen molar-refractivity contribution in [3.63, 3.8) is 0 Å². The Morgan fingerprint density at radius 3 is 2.44 bits per heavy atom. The zero-order chi connectivity index (χ0) is 13.2. The van der Waals surface area contributed by atoms with Gasteiger partial charge in [-0.1, -0.05) is 6.07 Å². The average Bonchev–Trinajstić information content (AvgIpc) is 2.38. The molecule has 0 spiro atoms. The molecule has 0 bridgehead atoms. The lowest BCUT2D eigenvalue weighted by Gasteiger charge is -2.09. The summed E-state index contributed by atoms with van der Waals surface area (Å²) in [5.74, 6) is 0. The predicted molar refractivity (Wildman–Crippen MR) is 59.4 cm³/mol. The Morgan fingerprint density at radius 1 is 1.11 bits per heavy atom. The van der Waals surface area contributed by atoms with E-state index in [-0.39, 0.29) is 5.56 Å². The van der Waals surface area contributed by atoms with Crippen LogP contribution < -0.4 is 0 Å². The Bertz CT molecular complexity index is 598. The lowest BCUT2D eigenvalue weighted by molar-refractivity contribution is -0.137. The number of alkyl halides is 3. The lowest BCUT2D eigenvalue weighted by Crippen LogP contribution is -2.05. The van der Waals surface area contributed by atoms with E-state index in [0.717, 1.165) is 12.1 Å². The maximum Gasteiger partial charge on any atom is 0.416 e. The van der Waals surface area contributed by atoms with Gasteiger partial charge in [0, 0.05) is 18.0 Å². The molecule has 0 saturated heterocycles. The average molecular weight is 248 g/mol. The molecule has 2 nitrogen and oxygen atoms in total. The van der Waals surface area contributed by atoms with E-state index in [2.05, 4.69) is 4.98 Å². The first kappa shape index (κ1) is 12.1. The van der Waals surface area contributed by atoms with Crippen molar-refractivity contribution in [2.75, 3.05) is 0 Å². The van der Waals surface area contributed by atoms with E-state index in [1.165, 1.54) is 18.5 Å². The van der Waals surface area contributed by atoms with E-state index in [4.69, 9.17) is 5.26 Å². The highest BCUT2D eigenvalue weighted by Crippen LogP contribution is 2.33. The summed E-state index contributed by atoms with van der Waals surface area (Å²) in [4.78, 5) is 3.84. The van der Waals surface area contributed by atoms with Crippen molar-refractivity contribution < 1.29 is 13.2 Å². The van der Waals surface area contributed by atoms with Gasteiger partial charge in [0.25, 0.3) is 0 Å². The molecule has 2 rings (SSSR count). The van der Waals surface area contributed by atoms with Gasteiger partial charge in [0.05, 0.1) is 17.2 Å². The summed E-state index contributed by atoms with van der Waals surface area (Å²) in [5.41, 5.74) is 0.0126. The van der Waals surface area contributed by atoms with E-state index in [0.29, 0.717) is 11.1 Å². The molecule has 0 amide bonds. The zero-order valence-electron chi connectivity index (χ0n) is 9.07. The fraction of sp³-hybridized carbons (Fsp3) is 0.0769. The summed E-state index contributed by atoms with van der Waals surface area (Å²) in [6.07, 6.45) is -1.48. The smallest absolute Gasteiger partial charge is 0.264 e. The number of aromatic nitrogens is 1. The minimum atomic E-state index is -4.47. The van der Waals surface area contributed by atoms with E-state index in [9.17, 15) is 13.2 Å². The van der Waals surface area contributed by atoms with Gasteiger partial charge in [-0.15, -0.1) is 0 Å². The number of pyridine rings is 1. The quantitative estimate of drug-likeness (QED) is 0.772. The van der Waals surface area contributed by atoms with Crippen LogP contribution in [0.4, 0.5) is 13.2 Å². The molecule has 0 aliphatic rings. The number of hydrogen-bond donors (Lipinski definition) is 0. The molecule has 1 aromatic carbocycles. The van der Waals surface area contributed by atoms with Gasteiger partial charge in [0.1, 0.15) is 0 Å². The van der Waals surface area contributed by atoms with Crippen molar-refractivity contribution in [1.82, 2.24) is 4.98 Å². The molecule has 0 aliphatic heterocycles. The number of rotatable bonds is 1. The minimum absolute atomic E-state index is 0.0244. The van der Waals surface area contributed by atoms with Crippen molar-refractivity contribution in [2.45, 2.75) is 6.18 Å². The summed E-state index contributed by atoms with van der Waals surface area (Å²) in [5, 5.41) is 8.77. The van der Waals surface area contributed by atoms with Crippen LogP contribution in [0.5, 0.6) is 0 Å². The van der Waals surface area contributed by atoms with Gasteiger partial charge in [-0.05, 0) is 29.8 Å². The Morgan fingerprint density at radius 2 is 1.89 bits per heavy atom. The third-order valence-corrected chi connectivity index (χ3v) is 2.38. The highest BCUT2D eigenvalue weighted by Gasteiger charge is 2.31. The molecular weight excluding hydrogens is 241 g/mol. The summed E-state index contributed by atoms with van der Waals surface area (Å²) in [7, 11) is 0. The summed E-state index contributed by atoms with van der Waals surface area (Å²) < 4.78 is 38.0. The molecule has 0 fully saturated rings. The van der Waals surface area contributed by atoms with Gasteiger partial charge in [0.2, 0.25) is 0 Å². The normalized spacial score (nSPS) is 11.0. The lowest BCUT2D eigenvalue weighted by atomic mass is 10.0. The van der Waals surface area contributed by atoms with E-state index >= 15 is 0 Å². The second kappa shape index (κ2) is 4.49. The highest BCUT2D eigenvalue weighted by molar-refractivity contribution is 5.65. The number of nitrogens with zero attached hydrogens (tertiary/aromatic N) is 2. The van der Waals surface area contributed by atoms with Gasteiger partial charge in [-0.3, -0.25) is 4.98 Å². The van der Waals surface area contributed by atoms with Crippen LogP contribution in [0.25, 0.3) is 11.1 Å². The van der Waals surface area contributed by atoms with Crippen LogP contribution in [0.15, 0.2) is 42.7 Å². The molecule has 0 aliphatic carbocycles. The number of hydrogen-bond acceptors (Lipinski definition) is 2. The Hall–Kier alpha value is -2.35. The second-order valence-corrected chi connectivity index (χ2v) is 3.65. The summed E-state index contributed by atoms with van der Waals surface area (Å²) in [6.45, 7) is 0. The monoisotopic (exact) mass is 248 g/mol. The number of halogens is 3. The number of benzene rings is 1. The highest BCUT2D eigenvalue weighted by atomic mass is 19.4. The fourth-order valence-corrected chi connectivity index (χ4v) is 1.56. The van der Waals surface area contributed by atoms with Crippen LogP contribution in [0.1, 0.15) is 11.1 Å². The molecule has 1 heterocycles. The molecule has 0 radical (unpaired) electrons. The SMILES string of the molecule is N#Cc1cc(-c2cccnc2)cc(C(F)(F)F)c1. The predicted octanol–water partition coefficient (Wildman–Crippen LogP) is 3.64. The first-order chi connectivity index (χ1) is 8.50. The molecule has 0 N–H and O–H groups in total.